The number of ether oxygens (including phenoxy) is 2. The van der Waals surface area contributed by atoms with Crippen molar-refractivity contribution >= 4 is 16.2 Å². The molecule has 8 heteroatoms. The van der Waals surface area contributed by atoms with E-state index < -0.39 is 34.1 Å². The maximum absolute atomic E-state index is 12.5. The number of methoxy groups -OCH3 is 1. The number of benzene rings is 1. The minimum atomic E-state index is -3.89. The lowest BCUT2D eigenvalue weighted by atomic mass is 10.2. The molecule has 1 fully saturated rings. The number of rotatable bonds is 5. The average Bonchev–Trinajstić information content (AvgIpc) is 2.95. The minimum absolute atomic E-state index is 0.0909. The normalized spacial score (nSPS) is 21.0. The molecule has 2 atom stereocenters. The SMILES string of the molecule is COC1CCC(COS(=O)(=O)c2ccc(C)cc2)N1C(=O)OC(C)(C)C. The van der Waals surface area contributed by atoms with Gasteiger partial charge in [-0.25, -0.2) is 4.79 Å². The molecule has 0 aromatic heterocycles. The summed E-state index contributed by atoms with van der Waals surface area (Å²) >= 11 is 0. The Bertz CT molecular complexity index is 723. The van der Waals surface area contributed by atoms with Crippen molar-refractivity contribution in [3.63, 3.8) is 0 Å². The van der Waals surface area contributed by atoms with Crippen molar-refractivity contribution in [3.05, 3.63) is 29.8 Å². The number of carbonyl (C=O) groups is 1. The highest BCUT2D eigenvalue weighted by Crippen LogP contribution is 2.28. The van der Waals surface area contributed by atoms with E-state index >= 15 is 0 Å². The predicted octanol–water partition coefficient (Wildman–Crippen LogP) is 3.07. The van der Waals surface area contributed by atoms with Crippen LogP contribution in [-0.2, 0) is 23.8 Å². The standard InChI is InChI=1S/C18H27NO6S/c1-13-6-9-15(10-7-13)26(21,22)24-12-14-8-11-16(23-5)19(14)17(20)25-18(2,3)4/h6-7,9-10,14,16H,8,11-12H2,1-5H3. The fourth-order valence-electron chi connectivity index (χ4n) is 2.77. The smallest absolute Gasteiger partial charge is 0.412 e. The summed E-state index contributed by atoms with van der Waals surface area (Å²) in [5.74, 6) is 0. The van der Waals surface area contributed by atoms with Gasteiger partial charge in [0.1, 0.15) is 11.8 Å². The second-order valence-electron chi connectivity index (χ2n) is 7.36. The molecule has 1 heterocycles. The van der Waals surface area contributed by atoms with Crippen molar-refractivity contribution in [2.45, 2.75) is 63.3 Å². The van der Waals surface area contributed by atoms with E-state index in [-0.39, 0.29) is 11.5 Å². The van der Waals surface area contributed by atoms with Crippen LogP contribution < -0.4 is 0 Å². The van der Waals surface area contributed by atoms with E-state index in [1.807, 2.05) is 6.92 Å². The third-order valence-corrected chi connectivity index (χ3v) is 5.35. The fourth-order valence-corrected chi connectivity index (χ4v) is 3.71. The first kappa shape index (κ1) is 20.7. The van der Waals surface area contributed by atoms with Crippen LogP contribution in [0.25, 0.3) is 0 Å². The molecule has 2 unspecified atom stereocenters. The Kier molecular flexibility index (Phi) is 6.31. The first-order valence-electron chi connectivity index (χ1n) is 8.54. The summed E-state index contributed by atoms with van der Waals surface area (Å²) in [7, 11) is -2.38. The quantitative estimate of drug-likeness (QED) is 0.725. The van der Waals surface area contributed by atoms with Crippen molar-refractivity contribution in [2.75, 3.05) is 13.7 Å². The molecule has 7 nitrogen and oxygen atoms in total. The number of aryl methyl sites for hydroxylation is 1. The van der Waals surface area contributed by atoms with Gasteiger partial charge in [0.25, 0.3) is 10.1 Å². The number of hydrogen-bond donors (Lipinski definition) is 0. The summed E-state index contributed by atoms with van der Waals surface area (Å²) in [6.07, 6.45) is 0.166. The van der Waals surface area contributed by atoms with Gasteiger partial charge < -0.3 is 9.47 Å². The summed E-state index contributed by atoms with van der Waals surface area (Å²) in [5.41, 5.74) is 0.302. The molecule has 1 saturated heterocycles. The van der Waals surface area contributed by atoms with E-state index in [0.29, 0.717) is 12.8 Å². The van der Waals surface area contributed by atoms with Gasteiger partial charge in [-0.1, -0.05) is 17.7 Å². The third-order valence-electron chi connectivity index (χ3n) is 4.05. The largest absolute Gasteiger partial charge is 0.444 e. The van der Waals surface area contributed by atoms with Crippen molar-refractivity contribution in [1.29, 1.82) is 0 Å². The van der Waals surface area contributed by atoms with Crippen LogP contribution in [0.1, 0.15) is 39.2 Å². The van der Waals surface area contributed by atoms with E-state index in [2.05, 4.69) is 0 Å². The van der Waals surface area contributed by atoms with Crippen LogP contribution in [0.2, 0.25) is 0 Å². The van der Waals surface area contributed by atoms with Crippen LogP contribution in [0.4, 0.5) is 4.79 Å². The van der Waals surface area contributed by atoms with Crippen molar-refractivity contribution in [2.24, 2.45) is 0 Å². The molecule has 1 aliphatic rings. The molecule has 1 aromatic carbocycles. The highest BCUT2D eigenvalue weighted by molar-refractivity contribution is 7.86. The molecule has 0 bridgehead atoms. The van der Waals surface area contributed by atoms with Crippen LogP contribution in [-0.4, -0.2) is 51.0 Å². The van der Waals surface area contributed by atoms with Gasteiger partial charge in [0.15, 0.2) is 0 Å². The van der Waals surface area contributed by atoms with Crippen LogP contribution in [0, 0.1) is 6.92 Å². The van der Waals surface area contributed by atoms with Gasteiger partial charge in [-0.15, -0.1) is 0 Å². The molecule has 1 aliphatic heterocycles. The highest BCUT2D eigenvalue weighted by atomic mass is 32.2. The molecule has 0 aliphatic carbocycles. The zero-order valence-corrected chi connectivity index (χ0v) is 16.7. The lowest BCUT2D eigenvalue weighted by Gasteiger charge is -2.31. The second kappa shape index (κ2) is 7.94. The number of likely N-dealkylation sites (tertiary alicyclic amines) is 1. The molecule has 0 N–H and O–H groups in total. The van der Waals surface area contributed by atoms with Gasteiger partial charge in [-0.2, -0.15) is 8.42 Å². The molecule has 1 amide bonds. The molecule has 2 rings (SSSR count). The predicted molar refractivity (Wildman–Crippen MR) is 96.2 cm³/mol. The molecular formula is C18H27NO6S. The summed E-state index contributed by atoms with van der Waals surface area (Å²) < 4.78 is 40.7. The van der Waals surface area contributed by atoms with Gasteiger partial charge in [0.05, 0.1) is 17.5 Å². The summed E-state index contributed by atoms with van der Waals surface area (Å²) in [6, 6.07) is 5.99. The maximum atomic E-state index is 12.5. The Labute approximate surface area is 155 Å². The van der Waals surface area contributed by atoms with E-state index in [4.69, 9.17) is 13.7 Å². The van der Waals surface area contributed by atoms with E-state index in [9.17, 15) is 13.2 Å². The lowest BCUT2D eigenvalue weighted by Crippen LogP contribution is -2.46. The van der Waals surface area contributed by atoms with Gasteiger partial charge in [-0.3, -0.25) is 9.08 Å². The van der Waals surface area contributed by atoms with Gasteiger partial charge in [0, 0.05) is 7.11 Å². The Balaban J connectivity index is 2.09. The van der Waals surface area contributed by atoms with Crippen molar-refractivity contribution < 1.29 is 26.9 Å². The molecular weight excluding hydrogens is 358 g/mol. The summed E-state index contributed by atoms with van der Waals surface area (Å²) in [4.78, 5) is 14.0. The zero-order chi connectivity index (χ0) is 19.5. The van der Waals surface area contributed by atoms with E-state index in [1.54, 1.807) is 32.9 Å². The molecule has 1 aromatic rings. The van der Waals surface area contributed by atoms with Gasteiger partial charge >= 0.3 is 6.09 Å². The Morgan fingerprint density at radius 3 is 2.35 bits per heavy atom. The molecule has 0 spiro atoms. The number of amides is 1. The van der Waals surface area contributed by atoms with E-state index in [0.717, 1.165) is 5.56 Å². The van der Waals surface area contributed by atoms with Gasteiger partial charge in [-0.05, 0) is 52.7 Å². The average molecular weight is 385 g/mol. The van der Waals surface area contributed by atoms with Crippen LogP contribution in [0.5, 0.6) is 0 Å². The molecule has 26 heavy (non-hydrogen) atoms. The topological polar surface area (TPSA) is 82.1 Å². The van der Waals surface area contributed by atoms with Crippen molar-refractivity contribution in [1.82, 2.24) is 4.90 Å². The lowest BCUT2D eigenvalue weighted by molar-refractivity contribution is -0.0457. The van der Waals surface area contributed by atoms with Crippen molar-refractivity contribution in [3.8, 4) is 0 Å². The maximum Gasteiger partial charge on any atom is 0.412 e. The Hall–Kier alpha value is -1.64. The molecule has 146 valence electrons. The summed E-state index contributed by atoms with van der Waals surface area (Å²) in [5, 5.41) is 0. The van der Waals surface area contributed by atoms with Crippen LogP contribution >= 0.6 is 0 Å². The monoisotopic (exact) mass is 385 g/mol. The molecule has 0 radical (unpaired) electrons. The Morgan fingerprint density at radius 1 is 1.19 bits per heavy atom. The first-order chi connectivity index (χ1) is 12.0. The third kappa shape index (κ3) is 5.18. The fraction of sp³-hybridized carbons (Fsp3) is 0.611. The zero-order valence-electron chi connectivity index (χ0n) is 15.9. The van der Waals surface area contributed by atoms with Crippen LogP contribution in [0.15, 0.2) is 29.2 Å². The second-order valence-corrected chi connectivity index (χ2v) is 8.98. The highest BCUT2D eigenvalue weighted by Gasteiger charge is 2.40. The van der Waals surface area contributed by atoms with Gasteiger partial charge in [0.2, 0.25) is 0 Å². The summed E-state index contributed by atoms with van der Waals surface area (Å²) in [6.45, 7) is 7.05. The first-order valence-corrected chi connectivity index (χ1v) is 9.94. The van der Waals surface area contributed by atoms with E-state index in [1.165, 1.54) is 24.1 Å². The number of hydrogen-bond acceptors (Lipinski definition) is 6. The molecule has 0 saturated carbocycles. The number of carbonyl (C=O) groups excluding carboxylic acids is 1. The Morgan fingerprint density at radius 2 is 1.81 bits per heavy atom. The number of nitrogens with zero attached hydrogens (tertiary/aromatic N) is 1. The minimum Gasteiger partial charge on any atom is -0.444 e. The van der Waals surface area contributed by atoms with Crippen LogP contribution in [0.3, 0.4) is 0 Å².